The predicted octanol–water partition coefficient (Wildman–Crippen LogP) is 2.93. The molecule has 0 amide bonds. The maximum Gasteiger partial charge on any atom is 0.146 e. The minimum Gasteiger partial charge on any atom is -0.379 e. The van der Waals surface area contributed by atoms with Crippen LogP contribution >= 0.6 is 0 Å². The van der Waals surface area contributed by atoms with E-state index in [1.54, 1.807) is 0 Å². The van der Waals surface area contributed by atoms with Gasteiger partial charge in [-0.1, -0.05) is 25.7 Å². The lowest BCUT2D eigenvalue weighted by Crippen LogP contribution is -2.04. The van der Waals surface area contributed by atoms with E-state index in [1.807, 2.05) is 0 Å². The monoisotopic (exact) mass is 360 g/mol. The molecule has 2 heterocycles. The molecule has 0 aromatic rings. The summed E-state index contributed by atoms with van der Waals surface area (Å²) in [5, 5.41) is 0. The van der Waals surface area contributed by atoms with Gasteiger partial charge >= 0.3 is 0 Å². The third-order valence-electron chi connectivity index (χ3n) is 4.23. The van der Waals surface area contributed by atoms with Gasteiger partial charge in [0.1, 0.15) is 19.0 Å². The summed E-state index contributed by atoms with van der Waals surface area (Å²) in [6.07, 6.45) is 10.0. The molecule has 2 saturated heterocycles. The van der Waals surface area contributed by atoms with Gasteiger partial charge in [-0.05, 0) is 25.7 Å². The molecular formula is C19H36O6. The van der Waals surface area contributed by atoms with Gasteiger partial charge in [0.15, 0.2) is 0 Å². The molecule has 0 aliphatic carbocycles. The topological polar surface area (TPSA) is 62.0 Å². The Labute approximate surface area is 152 Å². The predicted molar refractivity (Wildman–Crippen MR) is 94.8 cm³/mol. The summed E-state index contributed by atoms with van der Waals surface area (Å²) in [4.78, 5) is 0. The zero-order valence-corrected chi connectivity index (χ0v) is 15.6. The summed E-state index contributed by atoms with van der Waals surface area (Å²) in [6, 6.07) is 0. The Bertz CT molecular complexity index is 266. The van der Waals surface area contributed by atoms with Crippen LogP contribution in [0.4, 0.5) is 0 Å². The van der Waals surface area contributed by atoms with Crippen molar-refractivity contribution in [2.24, 2.45) is 0 Å². The van der Waals surface area contributed by atoms with Crippen molar-refractivity contribution in [1.82, 2.24) is 0 Å². The highest BCUT2D eigenvalue weighted by atomic mass is 16.7. The van der Waals surface area contributed by atoms with E-state index in [0.717, 1.165) is 78.5 Å². The summed E-state index contributed by atoms with van der Waals surface area (Å²) in [7, 11) is 0. The Hall–Kier alpha value is -0.240. The van der Waals surface area contributed by atoms with Crippen LogP contribution in [0.2, 0.25) is 0 Å². The molecule has 2 aliphatic heterocycles. The molecule has 2 atom stereocenters. The van der Waals surface area contributed by atoms with E-state index in [0.29, 0.717) is 19.0 Å². The van der Waals surface area contributed by atoms with Gasteiger partial charge in [-0.3, -0.25) is 0 Å². The molecule has 6 heteroatoms. The van der Waals surface area contributed by atoms with Gasteiger partial charge in [-0.15, -0.1) is 0 Å². The van der Waals surface area contributed by atoms with Crippen LogP contribution in [-0.2, 0) is 28.4 Å². The van der Waals surface area contributed by atoms with E-state index in [1.165, 1.54) is 25.7 Å². The SMILES string of the molecule is C(CCCOCC1CO1)CCOCOCCCCCCOCC1CO1. The first-order valence-corrected chi connectivity index (χ1v) is 9.99. The Morgan fingerprint density at radius 3 is 1.24 bits per heavy atom. The van der Waals surface area contributed by atoms with Crippen LogP contribution in [0.3, 0.4) is 0 Å². The van der Waals surface area contributed by atoms with Gasteiger partial charge in [0.05, 0.1) is 26.4 Å². The number of hydrogen-bond acceptors (Lipinski definition) is 6. The van der Waals surface area contributed by atoms with Crippen molar-refractivity contribution < 1.29 is 28.4 Å². The minimum absolute atomic E-state index is 0.384. The van der Waals surface area contributed by atoms with Gasteiger partial charge in [0.25, 0.3) is 0 Å². The Balaban J connectivity index is 1.14. The molecule has 0 aromatic heterocycles. The number of unbranched alkanes of at least 4 members (excludes halogenated alkanes) is 6. The number of hydrogen-bond donors (Lipinski definition) is 0. The smallest absolute Gasteiger partial charge is 0.146 e. The van der Waals surface area contributed by atoms with Crippen molar-refractivity contribution in [2.75, 3.05) is 59.6 Å². The Kier molecular flexibility index (Phi) is 12.5. The summed E-state index contributed by atoms with van der Waals surface area (Å²) in [5.41, 5.74) is 0. The molecule has 6 nitrogen and oxygen atoms in total. The van der Waals surface area contributed by atoms with E-state index in [4.69, 9.17) is 28.4 Å². The Morgan fingerprint density at radius 1 is 0.520 bits per heavy atom. The van der Waals surface area contributed by atoms with Gasteiger partial charge in [-0.25, -0.2) is 0 Å². The standard InChI is InChI=1S/C19H36O6/c1(5-9-20-13-18-15-24-18)3-7-11-22-17-23-12-8-4-2-6-10-21-14-19-16-25-19/h18-19H,1-17H2. The van der Waals surface area contributed by atoms with Crippen LogP contribution in [0, 0.1) is 0 Å². The average Bonchev–Trinajstić information content (AvgIpc) is 3.52. The molecule has 2 aliphatic rings. The van der Waals surface area contributed by atoms with Crippen molar-refractivity contribution in [3.8, 4) is 0 Å². The van der Waals surface area contributed by atoms with Crippen molar-refractivity contribution in [1.29, 1.82) is 0 Å². The summed E-state index contributed by atoms with van der Waals surface area (Å²) < 4.78 is 32.2. The molecule has 2 unspecified atom stereocenters. The Morgan fingerprint density at radius 2 is 0.880 bits per heavy atom. The second-order valence-electron chi connectivity index (χ2n) is 6.82. The van der Waals surface area contributed by atoms with Gasteiger partial charge in [-0.2, -0.15) is 0 Å². The highest BCUT2D eigenvalue weighted by molar-refractivity contribution is 4.67. The minimum atomic E-state index is 0.384. The fourth-order valence-corrected chi connectivity index (χ4v) is 2.46. The van der Waals surface area contributed by atoms with Crippen molar-refractivity contribution in [3.05, 3.63) is 0 Å². The van der Waals surface area contributed by atoms with Crippen LogP contribution in [0.5, 0.6) is 0 Å². The van der Waals surface area contributed by atoms with Crippen LogP contribution in [0.25, 0.3) is 0 Å². The fraction of sp³-hybridized carbons (Fsp3) is 1.00. The van der Waals surface area contributed by atoms with Crippen molar-refractivity contribution >= 4 is 0 Å². The van der Waals surface area contributed by atoms with E-state index >= 15 is 0 Å². The molecule has 0 bridgehead atoms. The van der Waals surface area contributed by atoms with Crippen LogP contribution in [-0.4, -0.2) is 71.9 Å². The lowest BCUT2D eigenvalue weighted by Gasteiger charge is -2.06. The molecule has 0 saturated carbocycles. The molecule has 2 fully saturated rings. The summed E-state index contributed by atoms with van der Waals surface area (Å²) >= 11 is 0. The number of ether oxygens (including phenoxy) is 6. The third kappa shape index (κ3) is 14.6. The van der Waals surface area contributed by atoms with E-state index in [-0.39, 0.29) is 0 Å². The first-order valence-electron chi connectivity index (χ1n) is 9.99. The van der Waals surface area contributed by atoms with Gasteiger partial charge in [0.2, 0.25) is 0 Å². The average molecular weight is 360 g/mol. The number of epoxide rings is 2. The van der Waals surface area contributed by atoms with Gasteiger partial charge < -0.3 is 28.4 Å². The van der Waals surface area contributed by atoms with E-state index in [9.17, 15) is 0 Å². The quantitative estimate of drug-likeness (QED) is 0.189. The first kappa shape index (κ1) is 21.1. The highest BCUT2D eigenvalue weighted by Gasteiger charge is 2.22. The van der Waals surface area contributed by atoms with Crippen LogP contribution in [0.15, 0.2) is 0 Å². The zero-order chi connectivity index (χ0) is 17.4. The maximum absolute atomic E-state index is 5.50. The fourth-order valence-electron chi connectivity index (χ4n) is 2.46. The lowest BCUT2D eigenvalue weighted by molar-refractivity contribution is -0.0557. The van der Waals surface area contributed by atoms with Crippen LogP contribution in [0.1, 0.15) is 51.4 Å². The second-order valence-corrected chi connectivity index (χ2v) is 6.82. The molecule has 148 valence electrons. The molecule has 0 aromatic carbocycles. The lowest BCUT2D eigenvalue weighted by atomic mass is 10.2. The summed E-state index contributed by atoms with van der Waals surface area (Å²) in [5.74, 6) is 0. The molecule has 25 heavy (non-hydrogen) atoms. The molecule has 0 radical (unpaired) electrons. The second kappa shape index (κ2) is 14.9. The molecule has 0 N–H and O–H groups in total. The largest absolute Gasteiger partial charge is 0.379 e. The molecular weight excluding hydrogens is 324 g/mol. The first-order chi connectivity index (χ1) is 12.4. The van der Waals surface area contributed by atoms with Crippen molar-refractivity contribution in [3.63, 3.8) is 0 Å². The van der Waals surface area contributed by atoms with E-state index < -0.39 is 0 Å². The van der Waals surface area contributed by atoms with E-state index in [2.05, 4.69) is 0 Å². The summed E-state index contributed by atoms with van der Waals surface area (Å²) in [6.45, 7) is 7.01. The van der Waals surface area contributed by atoms with Crippen LogP contribution < -0.4 is 0 Å². The highest BCUT2D eigenvalue weighted by Crippen LogP contribution is 2.10. The maximum atomic E-state index is 5.50. The van der Waals surface area contributed by atoms with Gasteiger partial charge in [0, 0.05) is 26.4 Å². The molecule has 2 rings (SSSR count). The normalized spacial score (nSPS) is 21.6. The number of rotatable bonds is 20. The third-order valence-corrected chi connectivity index (χ3v) is 4.23. The molecule has 0 spiro atoms. The van der Waals surface area contributed by atoms with Crippen molar-refractivity contribution in [2.45, 2.75) is 63.6 Å². The zero-order valence-electron chi connectivity index (χ0n) is 15.6.